The zero-order chi connectivity index (χ0) is 13.2. The molecule has 96 valence electrons. The van der Waals surface area contributed by atoms with E-state index in [9.17, 15) is 18.0 Å². The lowest BCUT2D eigenvalue weighted by Crippen LogP contribution is -2.18. The number of hydrogen-bond acceptors (Lipinski definition) is 2. The number of nitrogens with zero attached hydrogens (tertiary/aromatic N) is 2. The fourth-order valence-electron chi connectivity index (χ4n) is 1.51. The SMILES string of the molecule is CCn1nc(C)c(Br)c1CC(=O)CC(F)(F)F. The number of halogens is 4. The van der Waals surface area contributed by atoms with Crippen LogP contribution in [0.4, 0.5) is 13.2 Å². The molecule has 0 radical (unpaired) electrons. The van der Waals surface area contributed by atoms with Crippen molar-refractivity contribution in [3.8, 4) is 0 Å². The van der Waals surface area contributed by atoms with E-state index < -0.39 is 18.4 Å². The highest BCUT2D eigenvalue weighted by atomic mass is 79.9. The summed E-state index contributed by atoms with van der Waals surface area (Å²) in [6, 6.07) is 0. The maximum Gasteiger partial charge on any atom is 0.395 e. The van der Waals surface area contributed by atoms with Crippen molar-refractivity contribution in [1.29, 1.82) is 0 Å². The van der Waals surface area contributed by atoms with Gasteiger partial charge >= 0.3 is 6.18 Å². The number of aromatic nitrogens is 2. The summed E-state index contributed by atoms with van der Waals surface area (Å²) in [5, 5.41) is 4.11. The quantitative estimate of drug-likeness (QED) is 0.856. The molecule has 0 N–H and O–H groups in total. The van der Waals surface area contributed by atoms with Crippen LogP contribution in [0.3, 0.4) is 0 Å². The van der Waals surface area contributed by atoms with Gasteiger partial charge in [-0.1, -0.05) is 0 Å². The van der Waals surface area contributed by atoms with Crippen molar-refractivity contribution < 1.29 is 18.0 Å². The first kappa shape index (κ1) is 14.2. The van der Waals surface area contributed by atoms with Crippen molar-refractivity contribution in [3.05, 3.63) is 15.9 Å². The minimum absolute atomic E-state index is 0.255. The molecule has 7 heteroatoms. The summed E-state index contributed by atoms with van der Waals surface area (Å²) >= 11 is 3.23. The average molecular weight is 313 g/mol. The fraction of sp³-hybridized carbons (Fsp3) is 0.600. The molecule has 1 aromatic heterocycles. The molecule has 0 atom stereocenters. The molecule has 0 saturated carbocycles. The van der Waals surface area contributed by atoms with Gasteiger partial charge in [0.05, 0.1) is 15.9 Å². The normalized spacial score (nSPS) is 11.9. The molecule has 0 aliphatic rings. The molecule has 1 aromatic rings. The minimum Gasteiger partial charge on any atom is -0.299 e. The van der Waals surface area contributed by atoms with Gasteiger partial charge in [-0.25, -0.2) is 0 Å². The van der Waals surface area contributed by atoms with Gasteiger partial charge < -0.3 is 0 Å². The Balaban J connectivity index is 2.84. The number of Topliss-reactive ketones (excluding diaryl/α,β-unsaturated/α-hetero) is 1. The summed E-state index contributed by atoms with van der Waals surface area (Å²) in [6.07, 6.45) is -6.10. The first-order valence-electron chi connectivity index (χ1n) is 5.04. The number of aryl methyl sites for hydroxylation is 2. The number of carbonyl (C=O) groups excluding carboxylic acids is 1. The predicted molar refractivity (Wildman–Crippen MR) is 59.7 cm³/mol. The average Bonchev–Trinajstić information content (AvgIpc) is 2.42. The Labute approximate surface area is 105 Å². The highest BCUT2D eigenvalue weighted by molar-refractivity contribution is 9.10. The Morgan fingerprint density at radius 3 is 2.53 bits per heavy atom. The first-order valence-corrected chi connectivity index (χ1v) is 5.84. The van der Waals surface area contributed by atoms with E-state index in [0.717, 1.165) is 0 Å². The third-order valence-corrected chi connectivity index (χ3v) is 3.25. The highest BCUT2D eigenvalue weighted by Crippen LogP contribution is 2.25. The second kappa shape index (κ2) is 5.20. The lowest BCUT2D eigenvalue weighted by Gasteiger charge is -2.07. The second-order valence-corrected chi connectivity index (χ2v) is 4.46. The van der Waals surface area contributed by atoms with Crippen molar-refractivity contribution in [2.75, 3.05) is 0 Å². The van der Waals surface area contributed by atoms with E-state index in [4.69, 9.17) is 0 Å². The Bertz CT molecular complexity index is 426. The molecule has 0 fully saturated rings. The fourth-order valence-corrected chi connectivity index (χ4v) is 1.93. The van der Waals surface area contributed by atoms with Crippen LogP contribution in [0.2, 0.25) is 0 Å². The van der Waals surface area contributed by atoms with Crippen LogP contribution < -0.4 is 0 Å². The Morgan fingerprint density at radius 1 is 1.47 bits per heavy atom. The highest BCUT2D eigenvalue weighted by Gasteiger charge is 2.31. The molecule has 0 unspecified atom stereocenters. The Kier molecular flexibility index (Phi) is 4.35. The van der Waals surface area contributed by atoms with E-state index in [1.54, 1.807) is 6.92 Å². The molecule has 0 spiro atoms. The summed E-state index contributed by atoms with van der Waals surface area (Å²) < 4.78 is 38.3. The standard InChI is InChI=1S/C10H12BrF3N2O/c1-3-16-8(9(11)6(2)15-16)4-7(17)5-10(12,13)14/h3-5H2,1-2H3. The predicted octanol–water partition coefficient (Wildman–Crippen LogP) is 3.04. The van der Waals surface area contributed by atoms with Crippen LogP contribution in [0.15, 0.2) is 4.47 Å². The largest absolute Gasteiger partial charge is 0.395 e. The van der Waals surface area contributed by atoms with Crippen LogP contribution in [0.1, 0.15) is 24.7 Å². The van der Waals surface area contributed by atoms with Crippen LogP contribution in [-0.2, 0) is 17.8 Å². The smallest absolute Gasteiger partial charge is 0.299 e. The van der Waals surface area contributed by atoms with Gasteiger partial charge in [-0.05, 0) is 29.8 Å². The molecule has 0 bridgehead atoms. The maximum absolute atomic E-state index is 12.0. The number of ketones is 1. The van der Waals surface area contributed by atoms with Crippen LogP contribution in [0.25, 0.3) is 0 Å². The van der Waals surface area contributed by atoms with E-state index in [0.29, 0.717) is 22.4 Å². The molecular weight excluding hydrogens is 301 g/mol. The minimum atomic E-state index is -4.45. The number of rotatable bonds is 4. The lowest BCUT2D eigenvalue weighted by atomic mass is 10.1. The summed E-state index contributed by atoms with van der Waals surface area (Å²) in [5.74, 6) is -0.854. The van der Waals surface area contributed by atoms with E-state index in [2.05, 4.69) is 21.0 Å². The molecule has 1 heterocycles. The van der Waals surface area contributed by atoms with E-state index in [1.165, 1.54) is 4.68 Å². The number of carbonyl (C=O) groups is 1. The van der Waals surface area contributed by atoms with Gasteiger partial charge in [0.2, 0.25) is 0 Å². The van der Waals surface area contributed by atoms with Crippen molar-refractivity contribution in [3.63, 3.8) is 0 Å². The summed E-state index contributed by atoms with van der Waals surface area (Å²) in [7, 11) is 0. The molecule has 0 aliphatic carbocycles. The Hall–Kier alpha value is -0.850. The van der Waals surface area contributed by atoms with Crippen LogP contribution in [0, 0.1) is 6.92 Å². The van der Waals surface area contributed by atoms with Gasteiger partial charge in [-0.3, -0.25) is 9.48 Å². The number of hydrogen-bond donors (Lipinski definition) is 0. The van der Waals surface area contributed by atoms with Gasteiger partial charge in [0, 0.05) is 13.0 Å². The molecule has 3 nitrogen and oxygen atoms in total. The van der Waals surface area contributed by atoms with Crippen molar-refractivity contribution in [1.82, 2.24) is 9.78 Å². The molecule has 0 aliphatic heterocycles. The maximum atomic E-state index is 12.0. The zero-order valence-corrected chi connectivity index (χ0v) is 11.0. The third kappa shape index (κ3) is 3.83. The lowest BCUT2D eigenvalue weighted by molar-refractivity contribution is -0.151. The zero-order valence-electron chi connectivity index (χ0n) is 9.44. The van der Waals surface area contributed by atoms with Crippen molar-refractivity contribution in [2.45, 2.75) is 39.4 Å². The molecular formula is C10H12BrF3N2O. The van der Waals surface area contributed by atoms with Crippen molar-refractivity contribution in [2.24, 2.45) is 0 Å². The van der Waals surface area contributed by atoms with Gasteiger partial charge in [0.25, 0.3) is 0 Å². The summed E-state index contributed by atoms with van der Waals surface area (Å²) in [5.41, 5.74) is 1.17. The molecule has 0 aromatic carbocycles. The van der Waals surface area contributed by atoms with Gasteiger partial charge in [-0.2, -0.15) is 18.3 Å². The molecule has 0 amide bonds. The van der Waals surface area contributed by atoms with Gasteiger partial charge in [0.1, 0.15) is 12.2 Å². The van der Waals surface area contributed by atoms with E-state index in [1.807, 2.05) is 6.92 Å². The molecule has 17 heavy (non-hydrogen) atoms. The summed E-state index contributed by atoms with van der Waals surface area (Å²) in [6.45, 7) is 4.06. The topological polar surface area (TPSA) is 34.9 Å². The first-order chi connectivity index (χ1) is 7.74. The monoisotopic (exact) mass is 312 g/mol. The molecule has 1 rings (SSSR count). The van der Waals surface area contributed by atoms with E-state index in [-0.39, 0.29) is 6.42 Å². The Morgan fingerprint density at radius 2 is 2.06 bits per heavy atom. The van der Waals surface area contributed by atoms with Crippen LogP contribution in [0.5, 0.6) is 0 Å². The van der Waals surface area contributed by atoms with Crippen molar-refractivity contribution >= 4 is 21.7 Å². The van der Waals surface area contributed by atoms with Crippen LogP contribution >= 0.6 is 15.9 Å². The second-order valence-electron chi connectivity index (χ2n) is 3.67. The van der Waals surface area contributed by atoms with Gasteiger partial charge in [-0.15, -0.1) is 0 Å². The van der Waals surface area contributed by atoms with Gasteiger partial charge in [0.15, 0.2) is 0 Å². The molecule has 0 saturated heterocycles. The van der Waals surface area contributed by atoms with E-state index >= 15 is 0 Å². The third-order valence-electron chi connectivity index (χ3n) is 2.22. The van der Waals surface area contributed by atoms with Crippen LogP contribution in [-0.4, -0.2) is 21.7 Å². The summed E-state index contributed by atoms with van der Waals surface area (Å²) in [4.78, 5) is 11.3. The number of alkyl halides is 3.